The van der Waals surface area contributed by atoms with Crippen molar-refractivity contribution in [3.05, 3.63) is 119 Å². The molecule has 15 nitrogen and oxygen atoms in total. The zero-order valence-electron chi connectivity index (χ0n) is 41.1. The molecule has 0 aliphatic heterocycles. The van der Waals surface area contributed by atoms with E-state index in [9.17, 15) is 55.1 Å². The SMILES string of the molecule is C.CC(=O)OOC(C)=O.NC(=O)CCNC1CC(c2c(-c3ccc(F)cc3)[nH]c3c(F)cc(F)cc23)C1.NCCC(N)=O.O=C1CC(c2c(-c3ccc(F)cc3)[nH]c3c(F)cc(F)cc23)C1.S=S=S=S=S.[B-]OC(C)=O.[Na+]. The Hall–Kier alpha value is -5.36. The Morgan fingerprint density at radius 1 is 0.662 bits per heavy atom. The van der Waals surface area contributed by atoms with Crippen LogP contribution in [0.3, 0.4) is 0 Å². The van der Waals surface area contributed by atoms with E-state index in [1.807, 2.05) is 0 Å². The maximum absolute atomic E-state index is 14.3. The van der Waals surface area contributed by atoms with Crippen LogP contribution in [0.1, 0.15) is 89.7 Å². The number of aromatic nitrogens is 2. The number of Topliss-reactive ketones (excluding diaryl/α,β-unsaturated/α-hetero) is 1. The first-order valence-corrected chi connectivity index (χ1v) is 27.4. The van der Waals surface area contributed by atoms with Crippen LogP contribution in [-0.4, -0.2) is 72.7 Å². The Balaban J connectivity index is 0.000000538. The second kappa shape index (κ2) is 35.2. The van der Waals surface area contributed by atoms with Crippen LogP contribution in [0.15, 0.2) is 72.8 Å². The van der Waals surface area contributed by atoms with Crippen molar-refractivity contribution in [2.75, 3.05) is 13.1 Å². The maximum Gasteiger partial charge on any atom is 1.00 e. The Labute approximate surface area is 481 Å². The van der Waals surface area contributed by atoms with Gasteiger partial charge in [-0.05, 0) is 102 Å². The quantitative estimate of drug-likeness (QED) is 0.0469. The number of nitrogens with two attached hydrogens (primary N) is 3. The number of fused-ring (bicyclic) bond motifs is 2. The monoisotopic (exact) mass is 1180 g/mol. The molecule has 8 rings (SSSR count). The number of primary amides is 2. The molecule has 9 N–H and O–H groups in total. The second-order valence-corrected chi connectivity index (χ2v) is 21.4. The third-order valence-corrected chi connectivity index (χ3v) is 15.0. The summed E-state index contributed by atoms with van der Waals surface area (Å²) in [4.78, 5) is 74.8. The molecule has 4 aromatic carbocycles. The number of amides is 2. The van der Waals surface area contributed by atoms with E-state index in [0.29, 0.717) is 60.1 Å². The summed E-state index contributed by atoms with van der Waals surface area (Å²) in [5.74, 6) is -5.64. The molecule has 3 radical (unpaired) electrons. The molecule has 2 heterocycles. The first-order valence-electron chi connectivity index (χ1n) is 22.1. The zero-order valence-corrected chi connectivity index (χ0v) is 47.2. The van der Waals surface area contributed by atoms with Crippen molar-refractivity contribution >= 4 is 114 Å². The number of benzene rings is 4. The minimum Gasteiger partial charge on any atom is -0.793 e. The van der Waals surface area contributed by atoms with Gasteiger partial charge in [-0.25, -0.2) is 45.7 Å². The van der Waals surface area contributed by atoms with Crippen LogP contribution in [0, 0.1) is 34.9 Å². The molecule has 0 atom stereocenters. The van der Waals surface area contributed by atoms with Crippen LogP contribution in [0.5, 0.6) is 0 Å². The van der Waals surface area contributed by atoms with E-state index in [2.05, 4.69) is 65.9 Å². The largest absolute Gasteiger partial charge is 1.00 e. The average molecular weight is 1180 g/mol. The van der Waals surface area contributed by atoms with Gasteiger partial charge in [-0.1, -0.05) is 7.43 Å². The molecule has 0 saturated heterocycles. The van der Waals surface area contributed by atoms with Gasteiger partial charge in [-0.3, -0.25) is 19.2 Å². The molecule has 2 fully saturated rings. The fraction of sp³-hybridized carbons (Fsp3) is 0.306. The van der Waals surface area contributed by atoms with Crippen LogP contribution in [0.4, 0.5) is 26.3 Å². The number of hydrogen-bond donors (Lipinski definition) is 6. The number of nitrogens with one attached hydrogen (secondary N) is 3. The molecule has 0 spiro atoms. The summed E-state index contributed by atoms with van der Waals surface area (Å²) < 4.78 is 86.0. The molecule has 2 aliphatic rings. The number of aromatic amines is 2. The van der Waals surface area contributed by atoms with E-state index in [-0.39, 0.29) is 102 Å². The Morgan fingerprint density at radius 2 is 1.05 bits per heavy atom. The summed E-state index contributed by atoms with van der Waals surface area (Å²) in [5, 5.41) is 4.23. The average Bonchev–Trinajstić information content (AvgIpc) is 3.89. The molecular formula is C49H53BF6N6NaO9S5. The van der Waals surface area contributed by atoms with Crippen LogP contribution in [0.25, 0.3) is 44.3 Å². The molecule has 0 bridgehead atoms. The fourth-order valence-electron chi connectivity index (χ4n) is 7.40. The predicted octanol–water partition coefficient (Wildman–Crippen LogP) is 4.77. The minimum atomic E-state index is -0.680. The van der Waals surface area contributed by atoms with Crippen LogP contribution in [0.2, 0.25) is 0 Å². The second-order valence-electron chi connectivity index (χ2n) is 16.1. The Kier molecular flexibility index (Phi) is 31.9. The molecule has 0 unspecified atom stereocenters. The zero-order chi connectivity index (χ0) is 55.9. The van der Waals surface area contributed by atoms with Crippen molar-refractivity contribution in [2.45, 2.75) is 84.6 Å². The summed E-state index contributed by atoms with van der Waals surface area (Å²) in [5.41, 5.74) is 19.5. The molecule has 2 aliphatic carbocycles. The predicted molar refractivity (Wildman–Crippen MR) is 289 cm³/mol. The van der Waals surface area contributed by atoms with E-state index < -0.39 is 41.2 Å². The molecule has 2 amide bonds. The normalized spacial score (nSPS) is 13.7. The number of H-pyrrole nitrogens is 2. The molecule has 6 aromatic rings. The van der Waals surface area contributed by atoms with Gasteiger partial charge in [0.2, 0.25) is 17.8 Å². The first-order chi connectivity index (χ1) is 35.5. The van der Waals surface area contributed by atoms with Gasteiger partial charge in [0.25, 0.3) is 0 Å². The van der Waals surface area contributed by atoms with E-state index in [1.165, 1.54) is 70.0 Å². The third kappa shape index (κ3) is 22.9. The van der Waals surface area contributed by atoms with Gasteiger partial charge in [-0.2, -0.15) is 0 Å². The van der Waals surface area contributed by atoms with Gasteiger partial charge in [-0.15, -0.1) is 0 Å². The van der Waals surface area contributed by atoms with E-state index >= 15 is 0 Å². The number of ketones is 1. The number of hydrogen-bond acceptors (Lipinski definition) is 13. The van der Waals surface area contributed by atoms with Crippen LogP contribution in [-0.2, 0) is 92.2 Å². The molecule has 28 heteroatoms. The molecular weight excluding hydrogens is 1120 g/mol. The molecule has 77 heavy (non-hydrogen) atoms. The summed E-state index contributed by atoms with van der Waals surface area (Å²) >= 11 is 8.89. The maximum atomic E-state index is 14.3. The smallest absolute Gasteiger partial charge is 0.793 e. The molecule has 2 saturated carbocycles. The van der Waals surface area contributed by atoms with Crippen molar-refractivity contribution in [3.8, 4) is 22.5 Å². The Bertz CT molecular complexity index is 3090. The van der Waals surface area contributed by atoms with Gasteiger partial charge >= 0.3 is 41.5 Å². The Morgan fingerprint density at radius 3 is 1.35 bits per heavy atom. The topological polar surface area (TPSA) is 252 Å². The summed E-state index contributed by atoms with van der Waals surface area (Å²) in [6, 6.07) is 16.2. The van der Waals surface area contributed by atoms with Gasteiger partial charge in [0.05, 0.1) is 22.4 Å². The summed E-state index contributed by atoms with van der Waals surface area (Å²) in [6.45, 7) is 4.38. The number of halogens is 6. The van der Waals surface area contributed by atoms with Gasteiger partial charge < -0.3 is 45.2 Å². The standard InChI is InChI=1S/C21H20F3N3O.C18H12F3NO.C4H6O4.C3H8N2O.C2H3BO2.CH4.Na.S5/c22-13-3-1-11(2-4-13)20-19(12-7-15(8-12)26-6-5-18(25)28)16-9-14(23)10-17(24)21(16)27-20;19-11-3-1-9(2-4-11)17-16(10-5-13(23)6-10)14-7-12(20)8-15(21)18(14)22-17;1-3(5)7-8-4(2)6;4-2-1-3(5)6;1-2(4)5-3;;;1-3-5-4-2/h1-4,9-10,12,15,26-27H,5-8H2,(H2,25,28);1-4,7-8,10,22H,5-6H2;1-2H3;1-2,4H2,(H2,5,6);1H3;1H4;;/q;;;;-1;;+1;. The van der Waals surface area contributed by atoms with Crippen molar-refractivity contribution < 1.29 is 99.1 Å². The van der Waals surface area contributed by atoms with Gasteiger partial charge in [0, 0.05) is 143 Å². The molecule has 409 valence electrons. The minimum absolute atomic E-state index is 0. The van der Waals surface area contributed by atoms with E-state index in [0.717, 1.165) is 55.5 Å². The van der Waals surface area contributed by atoms with E-state index in [4.69, 9.17) is 11.5 Å². The van der Waals surface area contributed by atoms with Crippen LogP contribution < -0.4 is 52.1 Å². The molecule has 2 aromatic heterocycles. The van der Waals surface area contributed by atoms with Crippen molar-refractivity contribution in [3.63, 3.8) is 0 Å². The van der Waals surface area contributed by atoms with Crippen LogP contribution >= 0.6 is 0 Å². The van der Waals surface area contributed by atoms with E-state index in [1.54, 1.807) is 24.3 Å². The number of rotatable bonds is 10. The van der Waals surface area contributed by atoms with Crippen molar-refractivity contribution in [1.82, 2.24) is 15.3 Å². The summed E-state index contributed by atoms with van der Waals surface area (Å²) in [6.07, 6.45) is 2.83. The number of carbonyl (C=O) groups is 6. The third-order valence-electron chi connectivity index (χ3n) is 10.6. The van der Waals surface area contributed by atoms with Crippen molar-refractivity contribution in [2.24, 2.45) is 17.2 Å². The van der Waals surface area contributed by atoms with Crippen molar-refractivity contribution in [1.29, 1.82) is 0 Å². The number of carbonyl (C=O) groups excluding carboxylic acids is 6. The summed E-state index contributed by atoms with van der Waals surface area (Å²) in [7, 11) is 8.27. The van der Waals surface area contributed by atoms with Gasteiger partial charge in [0.15, 0.2) is 0 Å². The van der Waals surface area contributed by atoms with Gasteiger partial charge in [0.1, 0.15) is 40.7 Å². The fourth-order valence-corrected chi connectivity index (χ4v) is 10.1. The first kappa shape index (κ1) is 69.7.